The van der Waals surface area contributed by atoms with Gasteiger partial charge in [0.25, 0.3) is 0 Å². The molecule has 12 rings (SSSR count). The minimum absolute atomic E-state index is 0. The van der Waals surface area contributed by atoms with Gasteiger partial charge in [-0.3, -0.25) is 4.98 Å². The summed E-state index contributed by atoms with van der Waals surface area (Å²) >= 11 is 1.61. The smallest absolute Gasteiger partial charge is 0.332 e. The molecule has 8 aromatic carbocycles. The van der Waals surface area contributed by atoms with Crippen molar-refractivity contribution in [1.29, 1.82) is 0 Å². The number of hydrogen-bond acceptors (Lipinski definition) is 4. The molecule has 0 N–H and O–H groups in total. The third kappa shape index (κ3) is 12.5. The number of fused-ring (bicyclic) bond motifs is 6. The van der Waals surface area contributed by atoms with Crippen molar-refractivity contribution in [3.8, 4) is 50.7 Å². The van der Waals surface area contributed by atoms with E-state index in [1.807, 2.05) is 44.3 Å². The van der Waals surface area contributed by atoms with Crippen molar-refractivity contribution in [3.05, 3.63) is 234 Å². The van der Waals surface area contributed by atoms with Crippen molar-refractivity contribution in [2.75, 3.05) is 0 Å². The van der Waals surface area contributed by atoms with Crippen molar-refractivity contribution in [2.45, 2.75) is 106 Å². The van der Waals surface area contributed by atoms with Crippen LogP contribution < -0.4 is 5.19 Å². The molecule has 0 spiro atoms. The van der Waals surface area contributed by atoms with E-state index in [4.69, 9.17) is 16.0 Å². The average Bonchev–Trinajstić information content (AvgIpc) is 1.68. The molecule has 81 heavy (non-hydrogen) atoms. The van der Waals surface area contributed by atoms with E-state index in [-0.39, 0.29) is 55.3 Å². The minimum atomic E-state index is -2.13. The van der Waals surface area contributed by atoms with Gasteiger partial charge in [0.05, 0.1) is 24.9 Å². The molecule has 8 heteroatoms. The third-order valence-electron chi connectivity index (χ3n) is 14.4. The molecule has 1 atom stereocenters. The molecule has 12 aromatic rings. The minimum Gasteiger partial charge on any atom is -0.332 e. The molecule has 1 unspecified atom stereocenters. The zero-order valence-electron chi connectivity index (χ0n) is 55.4. The van der Waals surface area contributed by atoms with E-state index >= 15 is 0 Å². The summed E-state index contributed by atoms with van der Waals surface area (Å²) in [5.74, 6) is 0.434. The Morgan fingerprint density at radius 1 is 0.667 bits per heavy atom. The van der Waals surface area contributed by atoms with Crippen LogP contribution in [0.5, 0.6) is 0 Å². The van der Waals surface area contributed by atoms with Crippen LogP contribution in [-0.2, 0) is 26.5 Å². The zero-order valence-corrected chi connectivity index (χ0v) is 51.6. The van der Waals surface area contributed by atoms with Crippen LogP contribution in [0.1, 0.15) is 111 Å². The van der Waals surface area contributed by atoms with E-state index in [9.17, 15) is 4.39 Å². The first kappa shape index (κ1) is 48.5. The second-order valence-corrected chi connectivity index (χ2v) is 28.1. The summed E-state index contributed by atoms with van der Waals surface area (Å²) in [6, 6.07) is 62.1. The third-order valence-corrected chi connectivity index (χ3v) is 17.6. The first-order valence-electron chi connectivity index (χ1n) is 31.3. The van der Waals surface area contributed by atoms with Crippen LogP contribution in [-0.4, -0.2) is 27.6 Å². The largest absolute Gasteiger partial charge is 3.00 e. The summed E-state index contributed by atoms with van der Waals surface area (Å²) < 4.78 is 79.2. The van der Waals surface area contributed by atoms with Gasteiger partial charge >= 0.3 is 20.1 Å². The van der Waals surface area contributed by atoms with E-state index in [0.717, 1.165) is 75.9 Å². The van der Waals surface area contributed by atoms with Crippen LogP contribution in [0, 0.1) is 37.7 Å². The number of thiophene rings is 1. The topological polar surface area (TPSA) is 43.6 Å². The van der Waals surface area contributed by atoms with Gasteiger partial charge in [-0.05, 0) is 115 Å². The van der Waals surface area contributed by atoms with Gasteiger partial charge in [-0.1, -0.05) is 183 Å². The Hall–Kier alpha value is -7.19. The van der Waals surface area contributed by atoms with Crippen LogP contribution >= 0.6 is 11.3 Å². The molecule has 4 heterocycles. The Bertz CT molecular complexity index is 4460. The molecule has 0 saturated carbocycles. The van der Waals surface area contributed by atoms with Gasteiger partial charge < -0.3 is 14.5 Å². The number of nitrogens with zero attached hydrogens (tertiary/aromatic N) is 4. The van der Waals surface area contributed by atoms with E-state index in [1.165, 1.54) is 50.6 Å². The summed E-state index contributed by atoms with van der Waals surface area (Å²) in [6.07, 6.45) is 3.23. The number of halogens is 1. The van der Waals surface area contributed by atoms with Crippen molar-refractivity contribution in [3.63, 3.8) is 0 Å². The van der Waals surface area contributed by atoms with Crippen molar-refractivity contribution < 1.29 is 35.5 Å². The van der Waals surface area contributed by atoms with Gasteiger partial charge in [0.2, 0.25) is 0 Å². The molecule has 0 radical (unpaired) electrons. The fourth-order valence-corrected chi connectivity index (χ4v) is 13.1. The number of benzene rings is 8. The van der Waals surface area contributed by atoms with Gasteiger partial charge in [0.1, 0.15) is 5.82 Å². The molecule has 4 nitrogen and oxygen atoms in total. The fraction of sp³-hybridized carbons (Fsp3) is 0.219. The molecule has 408 valence electrons. The first-order chi connectivity index (χ1) is 41.6. The summed E-state index contributed by atoms with van der Waals surface area (Å²) in [7, 11) is -1.61. The van der Waals surface area contributed by atoms with Gasteiger partial charge in [-0.2, -0.15) is 11.3 Å². The van der Waals surface area contributed by atoms with Crippen LogP contribution in [0.15, 0.2) is 176 Å². The van der Waals surface area contributed by atoms with Gasteiger partial charge in [0, 0.05) is 39.1 Å². The predicted molar refractivity (Wildman–Crippen MR) is 342 cm³/mol. The number of aromatic nitrogens is 4. The van der Waals surface area contributed by atoms with Crippen molar-refractivity contribution in [2.24, 2.45) is 0 Å². The Morgan fingerprint density at radius 3 is 1.95 bits per heavy atom. The molecule has 0 bridgehead atoms. The average molecular weight is 1280 g/mol. The molecular formula is C73H70FIrN4SSi. The van der Waals surface area contributed by atoms with E-state index in [2.05, 4.69) is 165 Å². The van der Waals surface area contributed by atoms with E-state index < -0.39 is 27.7 Å². The molecule has 0 aliphatic heterocycles. The second kappa shape index (κ2) is 24.9. The standard InChI is InChI=1S/C41H32FN2S.C18H24NSi.C14H14N.Ir/c1-24(2)34-21-28(26-11-6-5-7-12-26)22-35(25(3)4)38(34)44-39-30-14-9-8-13-27(30)17-20-36(39)43-41(44)33-16-10-15-32-31-19-18-29(42)23-37(31)45-40(32)33;1-13(2)16-11-17(15-9-7-14(3)8-10-15)19-12-18(16)20(4,5)6;1-3-12-8-9-15-14(10-12)13-6-4-11(2)5-7-13;/h5-15,17-25H,1-4H3;7-9,11-13H,1-6H3;4-6,8-10H,3H2,1-2H3;/q3*-1;+3/i;3D3,13D;2D3,3D;. The Morgan fingerprint density at radius 2 is 1.33 bits per heavy atom. The molecule has 0 amide bonds. The van der Waals surface area contributed by atoms with Crippen molar-refractivity contribution in [1.82, 2.24) is 19.5 Å². The summed E-state index contributed by atoms with van der Waals surface area (Å²) in [4.78, 5) is 14.2. The predicted octanol–water partition coefficient (Wildman–Crippen LogP) is 20.0. The molecule has 0 aliphatic rings. The number of pyridine rings is 2. The zero-order chi connectivity index (χ0) is 63.2. The number of rotatable bonds is 10. The van der Waals surface area contributed by atoms with Crippen molar-refractivity contribution >= 4 is 66.6 Å². The summed E-state index contributed by atoms with van der Waals surface area (Å²) in [6.45, 7) is 17.2. The molecule has 4 aromatic heterocycles. The van der Waals surface area contributed by atoms with Gasteiger partial charge in [-0.15, -0.1) is 89.0 Å². The number of hydrogen-bond donors (Lipinski definition) is 0. The van der Waals surface area contributed by atoms with Crippen LogP contribution in [0.3, 0.4) is 0 Å². The Balaban J connectivity index is 0.000000180. The van der Waals surface area contributed by atoms with E-state index in [0.29, 0.717) is 5.69 Å². The van der Waals surface area contributed by atoms with Crippen LogP contribution in [0.4, 0.5) is 4.39 Å². The first-order valence-corrected chi connectivity index (χ1v) is 31.5. The maximum absolute atomic E-state index is 14.3. The monoisotopic (exact) mass is 1280 g/mol. The maximum atomic E-state index is 14.3. The molecule has 0 aliphatic carbocycles. The molecule has 0 fully saturated rings. The second-order valence-electron chi connectivity index (χ2n) is 22.1. The van der Waals surface area contributed by atoms with Gasteiger partial charge in [-0.25, -0.2) is 4.39 Å². The van der Waals surface area contributed by atoms with Crippen LogP contribution in [0.25, 0.3) is 92.7 Å². The fourth-order valence-electron chi connectivity index (χ4n) is 10.3. The quantitative estimate of drug-likeness (QED) is 0.101. The summed E-state index contributed by atoms with van der Waals surface area (Å²) in [5.41, 5.74) is 14.5. The number of imidazole rings is 1. The van der Waals surface area contributed by atoms with Gasteiger partial charge in [0.15, 0.2) is 0 Å². The Labute approximate surface area is 508 Å². The van der Waals surface area contributed by atoms with Crippen LogP contribution in [0.2, 0.25) is 19.6 Å². The van der Waals surface area contributed by atoms with E-state index in [1.54, 1.807) is 66.9 Å². The maximum Gasteiger partial charge on any atom is 3.00 e. The SMILES string of the molecule is CC(C)c1cc(-c2ccccc2)cc(C(C)C)c1-n1c(-c2[c-]ccc3c2sc2cc(F)ccc23)nc2ccc3ccccc3c21.[2H]C(C)c1ccnc(-c2[c-]cc(C([2H])([2H])[2H])cc2)c1.[2H]C([2H])([2H])c1c[c-]c(-c2cc(C([2H])(C)C)c([Si](C)(C)C)cn2)cc1.[Ir+3]. The Kier molecular flexibility index (Phi) is 14.9. The molecular weight excluding hydrogens is 1200 g/mol. The number of aryl methyl sites for hydroxylation is 3. The normalized spacial score (nSPS) is 13.8. The molecule has 0 saturated heterocycles. The summed E-state index contributed by atoms with van der Waals surface area (Å²) in [5, 5.41) is 5.68.